The van der Waals surface area contributed by atoms with E-state index in [2.05, 4.69) is 22.3 Å². The highest BCUT2D eigenvalue weighted by molar-refractivity contribution is 5.42. The van der Waals surface area contributed by atoms with Crippen LogP contribution in [0.25, 0.3) is 0 Å². The number of rotatable bonds is 9. The van der Waals surface area contributed by atoms with Gasteiger partial charge in [0.05, 0.1) is 26.9 Å². The van der Waals surface area contributed by atoms with Crippen LogP contribution in [0.2, 0.25) is 0 Å². The molecular formula is C17H28Cl2N2O3-2. The van der Waals surface area contributed by atoms with Crippen LogP contribution in [0.4, 0.5) is 0 Å². The number of ether oxygens (including phenoxy) is 3. The van der Waals surface area contributed by atoms with Gasteiger partial charge in [0.25, 0.3) is 0 Å². The largest absolute Gasteiger partial charge is 1.00 e. The summed E-state index contributed by atoms with van der Waals surface area (Å²) in [5.74, 6) is 1.61. The lowest BCUT2D eigenvalue weighted by molar-refractivity contribution is -0.001000. The Morgan fingerprint density at radius 2 is 1.92 bits per heavy atom. The second-order valence-electron chi connectivity index (χ2n) is 5.40. The maximum atomic E-state index is 5.60. The molecule has 1 heterocycles. The first-order chi connectivity index (χ1) is 10.8. The van der Waals surface area contributed by atoms with Crippen LogP contribution in [-0.2, 0) is 11.3 Å². The summed E-state index contributed by atoms with van der Waals surface area (Å²) < 4.78 is 16.3. The predicted molar refractivity (Wildman–Crippen MR) is 87.7 cm³/mol. The minimum Gasteiger partial charge on any atom is -1.00 e. The fourth-order valence-electron chi connectivity index (χ4n) is 2.58. The third kappa shape index (κ3) is 7.90. The van der Waals surface area contributed by atoms with E-state index in [1.165, 1.54) is 5.56 Å². The molecule has 1 aromatic rings. The monoisotopic (exact) mass is 378 g/mol. The standard InChI is InChI=1S/C17H28N2O3.2ClH/c1-3-22-17-13-15(5-6-16(17)20-2)14-18-7-4-8-19-9-11-21-12-10-19;;/h5-6,13,18H,3-4,7-12,14H2,1-2H3;2*1H/p-2. The van der Waals surface area contributed by atoms with Gasteiger partial charge in [0.15, 0.2) is 11.5 Å². The summed E-state index contributed by atoms with van der Waals surface area (Å²) in [6.07, 6.45) is 1.16. The fraction of sp³-hybridized carbons (Fsp3) is 0.647. The van der Waals surface area contributed by atoms with Gasteiger partial charge in [-0.05, 0) is 44.1 Å². The van der Waals surface area contributed by atoms with Crippen LogP contribution in [0.1, 0.15) is 18.9 Å². The molecule has 7 heteroatoms. The van der Waals surface area contributed by atoms with Crippen LogP contribution in [0, 0.1) is 0 Å². The van der Waals surface area contributed by atoms with Crippen LogP contribution in [0.3, 0.4) is 0 Å². The average Bonchev–Trinajstić information content (AvgIpc) is 2.56. The van der Waals surface area contributed by atoms with Crippen molar-refractivity contribution in [1.29, 1.82) is 0 Å². The Morgan fingerprint density at radius 1 is 1.17 bits per heavy atom. The molecule has 2 rings (SSSR count). The highest BCUT2D eigenvalue weighted by Crippen LogP contribution is 2.27. The Balaban J connectivity index is 0.00000264. The van der Waals surface area contributed by atoms with Crippen molar-refractivity contribution in [2.45, 2.75) is 19.9 Å². The summed E-state index contributed by atoms with van der Waals surface area (Å²) in [4.78, 5) is 2.46. The molecule has 1 N–H and O–H groups in total. The number of benzene rings is 1. The summed E-state index contributed by atoms with van der Waals surface area (Å²) in [6.45, 7) is 9.53. The van der Waals surface area contributed by atoms with E-state index >= 15 is 0 Å². The molecule has 1 saturated heterocycles. The second kappa shape index (κ2) is 13.6. The third-order valence-electron chi connectivity index (χ3n) is 3.79. The molecule has 0 radical (unpaired) electrons. The molecule has 0 spiro atoms. The van der Waals surface area contributed by atoms with E-state index in [0.717, 1.165) is 63.9 Å². The Morgan fingerprint density at radius 3 is 2.58 bits per heavy atom. The molecule has 0 amide bonds. The molecule has 0 aromatic heterocycles. The van der Waals surface area contributed by atoms with Gasteiger partial charge in [-0.1, -0.05) is 6.07 Å². The molecule has 5 nitrogen and oxygen atoms in total. The number of hydrogen-bond acceptors (Lipinski definition) is 5. The van der Waals surface area contributed by atoms with E-state index in [1.54, 1.807) is 7.11 Å². The van der Waals surface area contributed by atoms with Gasteiger partial charge < -0.3 is 44.3 Å². The summed E-state index contributed by atoms with van der Waals surface area (Å²) in [5.41, 5.74) is 1.22. The molecule has 1 fully saturated rings. The quantitative estimate of drug-likeness (QED) is 0.442. The van der Waals surface area contributed by atoms with Gasteiger partial charge in [-0.3, -0.25) is 4.90 Å². The lowest BCUT2D eigenvalue weighted by atomic mass is 10.2. The van der Waals surface area contributed by atoms with Crippen molar-refractivity contribution >= 4 is 0 Å². The van der Waals surface area contributed by atoms with Gasteiger partial charge in [0.2, 0.25) is 0 Å². The van der Waals surface area contributed by atoms with Crippen molar-refractivity contribution in [2.75, 3.05) is 53.1 Å². The zero-order valence-corrected chi connectivity index (χ0v) is 16.0. The van der Waals surface area contributed by atoms with Crippen molar-refractivity contribution in [3.05, 3.63) is 23.8 Å². The van der Waals surface area contributed by atoms with E-state index in [1.807, 2.05) is 13.0 Å². The molecule has 0 bridgehead atoms. The SMILES string of the molecule is CCOc1cc(CNCCCN2CCOCC2)ccc1OC.[Cl-].[Cl-]. The Kier molecular flexibility index (Phi) is 13.2. The summed E-state index contributed by atoms with van der Waals surface area (Å²) in [6, 6.07) is 6.10. The average molecular weight is 379 g/mol. The number of methoxy groups -OCH3 is 1. The Bertz CT molecular complexity index is 444. The molecule has 1 aliphatic rings. The van der Waals surface area contributed by atoms with E-state index in [-0.39, 0.29) is 24.8 Å². The van der Waals surface area contributed by atoms with Crippen LogP contribution in [-0.4, -0.2) is 58.0 Å². The van der Waals surface area contributed by atoms with Crippen molar-refractivity contribution in [3.63, 3.8) is 0 Å². The minimum absolute atomic E-state index is 0. The lowest BCUT2D eigenvalue weighted by Crippen LogP contribution is -3.00. The van der Waals surface area contributed by atoms with E-state index in [0.29, 0.717) is 6.61 Å². The van der Waals surface area contributed by atoms with E-state index in [4.69, 9.17) is 14.2 Å². The first-order valence-electron chi connectivity index (χ1n) is 8.14. The Labute approximate surface area is 157 Å². The number of hydrogen-bond donors (Lipinski definition) is 1. The summed E-state index contributed by atoms with van der Waals surface area (Å²) in [7, 11) is 1.67. The highest BCUT2D eigenvalue weighted by atomic mass is 35.5. The third-order valence-corrected chi connectivity index (χ3v) is 3.79. The number of nitrogens with one attached hydrogen (secondary N) is 1. The van der Waals surface area contributed by atoms with Gasteiger partial charge in [0, 0.05) is 19.6 Å². The zero-order chi connectivity index (χ0) is 15.6. The number of nitrogens with zero attached hydrogens (tertiary/aromatic N) is 1. The number of morpholine rings is 1. The molecule has 1 aliphatic heterocycles. The molecule has 140 valence electrons. The molecule has 0 aliphatic carbocycles. The van der Waals surface area contributed by atoms with Crippen molar-refractivity contribution in [1.82, 2.24) is 10.2 Å². The van der Waals surface area contributed by atoms with Gasteiger partial charge >= 0.3 is 0 Å². The lowest BCUT2D eigenvalue weighted by Gasteiger charge is -2.26. The predicted octanol–water partition coefficient (Wildman–Crippen LogP) is -4.09. The van der Waals surface area contributed by atoms with Crippen molar-refractivity contribution in [3.8, 4) is 11.5 Å². The van der Waals surface area contributed by atoms with Gasteiger partial charge in [-0.2, -0.15) is 0 Å². The zero-order valence-electron chi connectivity index (χ0n) is 14.5. The van der Waals surface area contributed by atoms with Crippen LogP contribution < -0.4 is 39.6 Å². The molecule has 0 atom stereocenters. The molecular weight excluding hydrogens is 351 g/mol. The normalized spacial score (nSPS) is 14.4. The first-order valence-corrected chi connectivity index (χ1v) is 8.14. The van der Waals surface area contributed by atoms with E-state index < -0.39 is 0 Å². The van der Waals surface area contributed by atoms with Crippen LogP contribution >= 0.6 is 0 Å². The minimum atomic E-state index is 0. The maximum absolute atomic E-state index is 5.60. The molecule has 1 aromatic carbocycles. The first kappa shape index (κ1) is 23.3. The van der Waals surface area contributed by atoms with E-state index in [9.17, 15) is 0 Å². The van der Waals surface area contributed by atoms with Crippen molar-refractivity contribution in [2.24, 2.45) is 0 Å². The molecule has 0 unspecified atom stereocenters. The Hall–Kier alpha value is -0.720. The molecule has 0 saturated carbocycles. The van der Waals surface area contributed by atoms with Gasteiger partial charge in [-0.15, -0.1) is 0 Å². The highest BCUT2D eigenvalue weighted by Gasteiger charge is 2.09. The summed E-state index contributed by atoms with van der Waals surface area (Å²) in [5, 5.41) is 3.49. The summed E-state index contributed by atoms with van der Waals surface area (Å²) >= 11 is 0. The second-order valence-corrected chi connectivity index (χ2v) is 5.40. The van der Waals surface area contributed by atoms with Gasteiger partial charge in [-0.25, -0.2) is 0 Å². The smallest absolute Gasteiger partial charge is 0.161 e. The fourth-order valence-corrected chi connectivity index (χ4v) is 2.58. The molecule has 24 heavy (non-hydrogen) atoms. The maximum Gasteiger partial charge on any atom is 0.161 e. The van der Waals surface area contributed by atoms with Gasteiger partial charge in [0.1, 0.15) is 0 Å². The van der Waals surface area contributed by atoms with Crippen LogP contribution in [0.5, 0.6) is 11.5 Å². The van der Waals surface area contributed by atoms with Crippen LogP contribution in [0.15, 0.2) is 18.2 Å². The van der Waals surface area contributed by atoms with Crippen molar-refractivity contribution < 1.29 is 39.0 Å². The number of halogens is 2. The topological polar surface area (TPSA) is 43.0 Å².